The van der Waals surface area contributed by atoms with Crippen molar-refractivity contribution in [3.05, 3.63) is 46.7 Å². The second-order valence-electron chi connectivity index (χ2n) is 6.19. The van der Waals surface area contributed by atoms with E-state index >= 15 is 0 Å². The molecule has 26 heavy (non-hydrogen) atoms. The third kappa shape index (κ3) is 3.84. The Hall–Kier alpha value is -2.51. The van der Waals surface area contributed by atoms with Crippen molar-refractivity contribution in [1.82, 2.24) is 10.2 Å². The fraction of sp³-hybridized carbons (Fsp3) is 0.444. The summed E-state index contributed by atoms with van der Waals surface area (Å²) >= 11 is 0. The van der Waals surface area contributed by atoms with Crippen LogP contribution in [0.15, 0.2) is 35.5 Å². The molecule has 0 aliphatic carbocycles. The van der Waals surface area contributed by atoms with Gasteiger partial charge in [0.2, 0.25) is 0 Å². The van der Waals surface area contributed by atoms with Crippen molar-refractivity contribution in [2.45, 2.75) is 46.0 Å². The number of hydrogen-bond acceptors (Lipinski definition) is 3. The molecule has 0 aromatic heterocycles. The van der Waals surface area contributed by atoms with Gasteiger partial charge in [-0.3, -0.25) is 4.90 Å². The van der Waals surface area contributed by atoms with Crippen molar-refractivity contribution in [2.75, 3.05) is 6.61 Å². The molecular weight excluding hydrogens is 349 g/mol. The first kappa shape index (κ1) is 19.8. The van der Waals surface area contributed by atoms with Gasteiger partial charge >= 0.3 is 18.2 Å². The Morgan fingerprint density at radius 2 is 2.00 bits per heavy atom. The summed E-state index contributed by atoms with van der Waals surface area (Å²) in [5.74, 6) is -0.668. The summed E-state index contributed by atoms with van der Waals surface area (Å²) in [6.45, 7) is 6.88. The molecule has 0 radical (unpaired) electrons. The SMILES string of the molecule is CCOC(=O)C1=C(C)N(C(C)C)C(=O)N[C@H]1c1cccc(C(F)(F)F)c1. The third-order valence-electron chi connectivity index (χ3n) is 4.09. The van der Waals surface area contributed by atoms with Crippen LogP contribution in [-0.2, 0) is 15.7 Å². The average molecular weight is 370 g/mol. The van der Waals surface area contributed by atoms with Gasteiger partial charge in [0.25, 0.3) is 0 Å². The number of ether oxygens (including phenoxy) is 1. The van der Waals surface area contributed by atoms with Crippen LogP contribution in [0.5, 0.6) is 0 Å². The number of nitrogens with one attached hydrogen (secondary N) is 1. The van der Waals surface area contributed by atoms with Crippen LogP contribution in [-0.4, -0.2) is 29.5 Å². The molecule has 1 aliphatic heterocycles. The lowest BCUT2D eigenvalue weighted by atomic mass is 9.93. The molecule has 0 saturated heterocycles. The van der Waals surface area contributed by atoms with E-state index in [4.69, 9.17) is 4.74 Å². The molecule has 142 valence electrons. The number of allylic oxidation sites excluding steroid dienone is 1. The van der Waals surface area contributed by atoms with Crippen molar-refractivity contribution in [3.8, 4) is 0 Å². The summed E-state index contributed by atoms with van der Waals surface area (Å²) in [7, 11) is 0. The Balaban J connectivity index is 2.59. The maximum atomic E-state index is 13.0. The molecule has 1 heterocycles. The molecule has 0 spiro atoms. The molecule has 1 aliphatic rings. The van der Waals surface area contributed by atoms with Gasteiger partial charge in [0.05, 0.1) is 23.8 Å². The monoisotopic (exact) mass is 370 g/mol. The van der Waals surface area contributed by atoms with Gasteiger partial charge in [-0.1, -0.05) is 12.1 Å². The highest BCUT2D eigenvalue weighted by Crippen LogP contribution is 2.35. The van der Waals surface area contributed by atoms with Crippen LogP contribution in [0.2, 0.25) is 0 Å². The van der Waals surface area contributed by atoms with Crippen LogP contribution in [0.25, 0.3) is 0 Å². The summed E-state index contributed by atoms with van der Waals surface area (Å²) in [5, 5.41) is 2.62. The van der Waals surface area contributed by atoms with Crippen LogP contribution in [0.4, 0.5) is 18.0 Å². The second-order valence-corrected chi connectivity index (χ2v) is 6.19. The highest BCUT2D eigenvalue weighted by atomic mass is 19.4. The van der Waals surface area contributed by atoms with Gasteiger partial charge in [0.1, 0.15) is 0 Å². The summed E-state index contributed by atoms with van der Waals surface area (Å²) in [6.07, 6.45) is -4.53. The van der Waals surface area contributed by atoms with Crippen molar-refractivity contribution in [2.24, 2.45) is 0 Å². The minimum atomic E-state index is -4.53. The summed E-state index contributed by atoms with van der Waals surface area (Å²) in [5.41, 5.74) is -0.195. The lowest BCUT2D eigenvalue weighted by molar-refractivity contribution is -0.139. The Labute approximate surface area is 149 Å². The zero-order valence-electron chi connectivity index (χ0n) is 15.0. The van der Waals surface area contributed by atoms with E-state index in [9.17, 15) is 22.8 Å². The number of halogens is 3. The van der Waals surface area contributed by atoms with Crippen LogP contribution in [0, 0.1) is 0 Å². The van der Waals surface area contributed by atoms with Crippen LogP contribution in [0.3, 0.4) is 0 Å². The van der Waals surface area contributed by atoms with Crippen molar-refractivity contribution in [1.29, 1.82) is 0 Å². The second kappa shape index (κ2) is 7.39. The highest BCUT2D eigenvalue weighted by molar-refractivity contribution is 5.95. The van der Waals surface area contributed by atoms with Gasteiger partial charge < -0.3 is 10.1 Å². The summed E-state index contributed by atoms with van der Waals surface area (Å²) in [6, 6.07) is 2.83. The zero-order chi connectivity index (χ0) is 19.6. The molecule has 0 fully saturated rings. The average Bonchev–Trinajstić information content (AvgIpc) is 2.53. The van der Waals surface area contributed by atoms with Gasteiger partial charge in [-0.2, -0.15) is 13.2 Å². The number of amides is 2. The predicted octanol–water partition coefficient (Wildman–Crippen LogP) is 4.02. The Morgan fingerprint density at radius 1 is 1.35 bits per heavy atom. The van der Waals surface area contributed by atoms with E-state index in [0.29, 0.717) is 5.70 Å². The molecule has 1 atom stereocenters. The van der Waals surface area contributed by atoms with E-state index in [2.05, 4.69) is 5.32 Å². The van der Waals surface area contributed by atoms with Gasteiger partial charge in [-0.05, 0) is 45.4 Å². The minimum absolute atomic E-state index is 0.112. The summed E-state index contributed by atoms with van der Waals surface area (Å²) in [4.78, 5) is 26.3. The number of rotatable bonds is 4. The smallest absolute Gasteiger partial charge is 0.416 e. The number of carbonyl (C=O) groups is 2. The first-order valence-corrected chi connectivity index (χ1v) is 8.22. The quantitative estimate of drug-likeness (QED) is 0.815. The van der Waals surface area contributed by atoms with E-state index in [1.54, 1.807) is 27.7 Å². The maximum absolute atomic E-state index is 13.0. The lowest BCUT2D eigenvalue weighted by Gasteiger charge is -2.37. The highest BCUT2D eigenvalue weighted by Gasteiger charge is 2.38. The Bertz CT molecular complexity index is 741. The first-order valence-electron chi connectivity index (χ1n) is 8.22. The van der Waals surface area contributed by atoms with Crippen molar-refractivity contribution in [3.63, 3.8) is 0 Å². The molecule has 5 nitrogen and oxygen atoms in total. The number of carbonyl (C=O) groups excluding carboxylic acids is 2. The maximum Gasteiger partial charge on any atom is 0.416 e. The van der Waals surface area contributed by atoms with E-state index in [-0.39, 0.29) is 23.8 Å². The van der Waals surface area contributed by atoms with Crippen LogP contribution >= 0.6 is 0 Å². The normalized spacial score (nSPS) is 18.2. The summed E-state index contributed by atoms with van der Waals surface area (Å²) < 4.78 is 44.2. The molecule has 8 heteroatoms. The molecule has 0 bridgehead atoms. The molecule has 1 N–H and O–H groups in total. The van der Waals surface area contributed by atoms with E-state index < -0.39 is 29.8 Å². The molecule has 1 aromatic rings. The Morgan fingerprint density at radius 3 is 2.54 bits per heavy atom. The largest absolute Gasteiger partial charge is 0.463 e. The number of benzene rings is 1. The molecular formula is C18H21F3N2O3. The number of nitrogens with zero attached hydrogens (tertiary/aromatic N) is 1. The predicted molar refractivity (Wildman–Crippen MR) is 89.0 cm³/mol. The number of hydrogen-bond donors (Lipinski definition) is 1. The van der Waals surface area contributed by atoms with Gasteiger partial charge in [-0.25, -0.2) is 9.59 Å². The van der Waals surface area contributed by atoms with Crippen molar-refractivity contribution < 1.29 is 27.5 Å². The van der Waals surface area contributed by atoms with Crippen LogP contribution < -0.4 is 5.32 Å². The minimum Gasteiger partial charge on any atom is -0.463 e. The third-order valence-corrected chi connectivity index (χ3v) is 4.09. The van der Waals surface area contributed by atoms with Gasteiger partial charge in [0.15, 0.2) is 0 Å². The van der Waals surface area contributed by atoms with E-state index in [1.165, 1.54) is 17.0 Å². The number of esters is 1. The standard InChI is InChI=1S/C18H21F3N2O3/c1-5-26-16(24)14-11(4)23(10(2)3)17(25)22-15(14)12-7-6-8-13(9-12)18(19,20)21/h6-10,15H,5H2,1-4H3,(H,22,25)/t15-/m0/s1. The molecule has 0 saturated carbocycles. The van der Waals surface area contributed by atoms with E-state index in [0.717, 1.165) is 12.1 Å². The Kier molecular flexibility index (Phi) is 5.63. The fourth-order valence-electron chi connectivity index (χ4n) is 3.00. The van der Waals surface area contributed by atoms with Crippen LogP contribution in [0.1, 0.15) is 44.9 Å². The van der Waals surface area contributed by atoms with E-state index in [1.807, 2.05) is 0 Å². The van der Waals surface area contributed by atoms with Crippen molar-refractivity contribution >= 4 is 12.0 Å². The number of urea groups is 1. The first-order chi connectivity index (χ1) is 12.1. The molecule has 1 aromatic carbocycles. The molecule has 0 unspecified atom stereocenters. The lowest BCUT2D eigenvalue weighted by Crippen LogP contribution is -2.50. The molecule has 2 rings (SSSR count). The van der Waals surface area contributed by atoms with Gasteiger partial charge in [-0.15, -0.1) is 0 Å². The topological polar surface area (TPSA) is 58.6 Å². The fourth-order valence-corrected chi connectivity index (χ4v) is 3.00. The van der Waals surface area contributed by atoms with Gasteiger partial charge in [0, 0.05) is 11.7 Å². The molecule has 2 amide bonds. The number of alkyl halides is 3. The zero-order valence-corrected chi connectivity index (χ0v) is 15.0.